The van der Waals surface area contributed by atoms with E-state index < -0.39 is 30.1 Å². The molecule has 0 fully saturated rings. The molecular formula is C25H33NO6. The van der Waals surface area contributed by atoms with Gasteiger partial charge in [-0.15, -0.1) is 0 Å². The summed E-state index contributed by atoms with van der Waals surface area (Å²) in [5.74, 6) is -1.25. The Hall–Kier alpha value is -2.80. The van der Waals surface area contributed by atoms with Gasteiger partial charge in [0.05, 0.1) is 18.2 Å². The lowest BCUT2D eigenvalue weighted by Gasteiger charge is -2.40. The first-order chi connectivity index (χ1) is 15.0. The number of aliphatic hydroxyl groups is 1. The van der Waals surface area contributed by atoms with Crippen LogP contribution in [0.25, 0.3) is 0 Å². The maximum atomic E-state index is 12.6. The largest absolute Gasteiger partial charge is 0.508 e. The molecule has 0 bridgehead atoms. The number of carbonyl (C=O) groups is 2. The van der Waals surface area contributed by atoms with Gasteiger partial charge in [-0.25, -0.2) is 0 Å². The molecule has 0 aliphatic carbocycles. The minimum Gasteiger partial charge on any atom is -0.508 e. The number of rotatable bonds is 8. The van der Waals surface area contributed by atoms with Gasteiger partial charge in [-0.1, -0.05) is 23.3 Å². The number of amides is 1. The van der Waals surface area contributed by atoms with Crippen LogP contribution in [-0.4, -0.2) is 50.3 Å². The van der Waals surface area contributed by atoms with Gasteiger partial charge in [-0.05, 0) is 59.4 Å². The Morgan fingerprint density at radius 3 is 2.62 bits per heavy atom. The molecule has 2 aliphatic rings. The van der Waals surface area contributed by atoms with Crippen molar-refractivity contribution in [1.29, 1.82) is 0 Å². The summed E-state index contributed by atoms with van der Waals surface area (Å²) in [6, 6.07) is 1.36. The molecule has 7 nitrogen and oxygen atoms in total. The molecule has 0 aromatic heterocycles. The third-order valence-corrected chi connectivity index (χ3v) is 6.32. The highest BCUT2D eigenvalue weighted by molar-refractivity contribution is 6.01. The molecule has 0 spiro atoms. The summed E-state index contributed by atoms with van der Waals surface area (Å²) in [4.78, 5) is 24.9. The Morgan fingerprint density at radius 1 is 1.25 bits per heavy atom. The number of allylic oxidation sites excluding steroid dienone is 4. The molecule has 0 saturated heterocycles. The van der Waals surface area contributed by atoms with E-state index in [1.165, 1.54) is 22.1 Å². The van der Waals surface area contributed by atoms with Gasteiger partial charge in [0.1, 0.15) is 23.6 Å². The number of aromatic hydroxyl groups is 1. The number of phenolic OH excluding ortho intramolecular Hbond substituents is 1. The second kappa shape index (κ2) is 9.36. The van der Waals surface area contributed by atoms with E-state index >= 15 is 0 Å². The van der Waals surface area contributed by atoms with Crippen LogP contribution in [0.5, 0.6) is 11.5 Å². The van der Waals surface area contributed by atoms with Crippen molar-refractivity contribution in [2.24, 2.45) is 0 Å². The van der Waals surface area contributed by atoms with Crippen LogP contribution in [0, 0.1) is 0 Å². The first kappa shape index (κ1) is 23.9. The molecule has 0 radical (unpaired) electrons. The molecule has 7 heteroatoms. The molecular weight excluding hydrogens is 410 g/mol. The van der Waals surface area contributed by atoms with Crippen molar-refractivity contribution in [2.75, 3.05) is 6.54 Å². The van der Waals surface area contributed by atoms with Crippen molar-refractivity contribution < 1.29 is 29.6 Å². The van der Waals surface area contributed by atoms with Crippen LogP contribution >= 0.6 is 0 Å². The zero-order valence-corrected chi connectivity index (χ0v) is 19.3. The summed E-state index contributed by atoms with van der Waals surface area (Å²) >= 11 is 0. The molecule has 2 unspecified atom stereocenters. The van der Waals surface area contributed by atoms with E-state index in [4.69, 9.17) is 9.84 Å². The number of ether oxygens (including phenoxy) is 1. The number of fused-ring (bicyclic) bond motifs is 3. The van der Waals surface area contributed by atoms with Crippen LogP contribution in [0.15, 0.2) is 29.4 Å². The summed E-state index contributed by atoms with van der Waals surface area (Å²) in [5.41, 5.74) is 3.01. The predicted octanol–water partition coefficient (Wildman–Crippen LogP) is 3.96. The van der Waals surface area contributed by atoms with Crippen molar-refractivity contribution in [3.05, 3.63) is 46.1 Å². The third kappa shape index (κ3) is 4.99. The lowest BCUT2D eigenvalue weighted by atomic mass is 9.84. The van der Waals surface area contributed by atoms with Crippen LogP contribution in [0.3, 0.4) is 0 Å². The number of aliphatic carboxylic acids is 1. The van der Waals surface area contributed by atoms with Gasteiger partial charge in [0.15, 0.2) is 0 Å². The highest BCUT2D eigenvalue weighted by Crippen LogP contribution is 2.46. The number of carbonyl (C=O) groups excluding carboxylic acids is 1. The topological polar surface area (TPSA) is 107 Å². The van der Waals surface area contributed by atoms with Crippen LogP contribution in [-0.2, 0) is 17.8 Å². The lowest BCUT2D eigenvalue weighted by Crippen LogP contribution is -2.49. The zero-order chi connectivity index (χ0) is 23.6. The van der Waals surface area contributed by atoms with Gasteiger partial charge < -0.3 is 25.0 Å². The predicted molar refractivity (Wildman–Crippen MR) is 121 cm³/mol. The molecule has 0 saturated carbocycles. The molecule has 1 aromatic rings. The van der Waals surface area contributed by atoms with Crippen LogP contribution in [0.4, 0.5) is 0 Å². The number of hydrogen-bond donors (Lipinski definition) is 3. The van der Waals surface area contributed by atoms with E-state index in [-0.39, 0.29) is 24.3 Å². The van der Waals surface area contributed by atoms with E-state index in [2.05, 4.69) is 32.9 Å². The molecule has 3 rings (SSSR count). The number of carboxylic acids is 1. The highest BCUT2D eigenvalue weighted by atomic mass is 16.5. The van der Waals surface area contributed by atoms with Crippen molar-refractivity contribution in [1.82, 2.24) is 4.90 Å². The third-order valence-electron chi connectivity index (χ3n) is 6.32. The number of hydrogen-bond acceptors (Lipinski definition) is 5. The smallest absolute Gasteiger partial charge is 0.323 e. The highest BCUT2D eigenvalue weighted by Gasteiger charge is 2.44. The maximum Gasteiger partial charge on any atom is 0.323 e. The Morgan fingerprint density at radius 2 is 1.97 bits per heavy atom. The Labute approximate surface area is 189 Å². The van der Waals surface area contributed by atoms with Crippen molar-refractivity contribution in [2.45, 2.75) is 78.0 Å². The summed E-state index contributed by atoms with van der Waals surface area (Å²) in [6.07, 6.45) is 7.07. The number of carboxylic acid groups (broad SMARTS) is 1. The summed E-state index contributed by atoms with van der Waals surface area (Å²) in [6.45, 7) is 7.81. The average Bonchev–Trinajstić information content (AvgIpc) is 2.98. The Kier molecular flexibility index (Phi) is 6.98. The van der Waals surface area contributed by atoms with E-state index in [0.717, 1.165) is 19.3 Å². The van der Waals surface area contributed by atoms with E-state index in [9.17, 15) is 19.8 Å². The van der Waals surface area contributed by atoms with Gasteiger partial charge in [-0.3, -0.25) is 9.59 Å². The minimum absolute atomic E-state index is 0.110. The van der Waals surface area contributed by atoms with E-state index in [1.807, 2.05) is 6.92 Å². The minimum atomic E-state index is -1.10. The van der Waals surface area contributed by atoms with Crippen LogP contribution < -0.4 is 4.74 Å². The van der Waals surface area contributed by atoms with Gasteiger partial charge in [-0.2, -0.15) is 0 Å². The standard InChI is InChI=1S/C25H33NO6/c1-15(2)7-5-8-16(3)9-6-10-25(4)21(28)12-18-20(27)11-17-19(23(18)32-25)13-26(24(17)31)14-22(29)30/h7,9,11,21,27-28H,5-6,8,10,12-14H2,1-4H3,(H,29,30). The summed E-state index contributed by atoms with van der Waals surface area (Å²) in [7, 11) is 0. The fourth-order valence-electron chi connectivity index (χ4n) is 4.35. The van der Waals surface area contributed by atoms with Gasteiger partial charge >= 0.3 is 5.97 Å². The quantitative estimate of drug-likeness (QED) is 0.525. The van der Waals surface area contributed by atoms with Crippen LogP contribution in [0.2, 0.25) is 0 Å². The zero-order valence-electron chi connectivity index (χ0n) is 19.3. The monoisotopic (exact) mass is 443 g/mol. The number of aliphatic hydroxyl groups excluding tert-OH is 1. The van der Waals surface area contributed by atoms with Gasteiger partial charge in [0.25, 0.3) is 5.91 Å². The SMILES string of the molecule is CC(C)=CCCC(C)=CCCC1(C)Oc2c(c(O)cc3c2CN(CC(=O)O)C3=O)CC1O. The molecule has 2 atom stereocenters. The normalized spacial score (nSPS) is 22.3. The summed E-state index contributed by atoms with van der Waals surface area (Å²) in [5, 5.41) is 30.4. The number of nitrogens with zero attached hydrogens (tertiary/aromatic N) is 1. The second-order valence-corrected chi connectivity index (χ2v) is 9.33. The van der Waals surface area contributed by atoms with Gasteiger partial charge in [0, 0.05) is 17.5 Å². The fourth-order valence-corrected chi connectivity index (χ4v) is 4.35. The van der Waals surface area contributed by atoms with E-state index in [0.29, 0.717) is 23.3 Å². The Balaban J connectivity index is 1.78. The molecule has 32 heavy (non-hydrogen) atoms. The number of phenols is 1. The van der Waals surface area contributed by atoms with Gasteiger partial charge in [0.2, 0.25) is 0 Å². The first-order valence-electron chi connectivity index (χ1n) is 11.1. The van der Waals surface area contributed by atoms with Crippen molar-refractivity contribution >= 4 is 11.9 Å². The van der Waals surface area contributed by atoms with Crippen molar-refractivity contribution in [3.8, 4) is 11.5 Å². The molecule has 2 heterocycles. The molecule has 1 aromatic carbocycles. The second-order valence-electron chi connectivity index (χ2n) is 9.33. The fraction of sp³-hybridized carbons (Fsp3) is 0.520. The van der Waals surface area contributed by atoms with E-state index in [1.54, 1.807) is 0 Å². The van der Waals surface area contributed by atoms with Crippen LogP contribution in [0.1, 0.15) is 74.9 Å². The number of benzene rings is 1. The lowest BCUT2D eigenvalue weighted by molar-refractivity contribution is -0.137. The molecule has 1 amide bonds. The molecule has 174 valence electrons. The molecule has 2 aliphatic heterocycles. The summed E-state index contributed by atoms with van der Waals surface area (Å²) < 4.78 is 6.28. The Bertz CT molecular complexity index is 975. The maximum absolute atomic E-state index is 12.6. The average molecular weight is 444 g/mol. The molecule has 3 N–H and O–H groups in total. The van der Waals surface area contributed by atoms with Crippen molar-refractivity contribution in [3.63, 3.8) is 0 Å². The first-order valence-corrected chi connectivity index (χ1v) is 11.1.